The number of nitriles is 2. The van der Waals surface area contributed by atoms with E-state index in [-0.39, 0.29) is 28.1 Å². The molecule has 0 unspecified atom stereocenters. The third kappa shape index (κ3) is 21.1. The van der Waals surface area contributed by atoms with Crippen LogP contribution in [0.5, 0.6) is 0 Å². The summed E-state index contributed by atoms with van der Waals surface area (Å²) in [6.07, 6.45) is 0. The summed E-state index contributed by atoms with van der Waals surface area (Å²) < 4.78 is 118. The first-order valence-electron chi connectivity index (χ1n) is 13.5. The molecule has 1 aliphatic rings. The predicted octanol–water partition coefficient (Wildman–Crippen LogP) is 5.55. The van der Waals surface area contributed by atoms with E-state index in [1.807, 2.05) is 0 Å². The van der Waals surface area contributed by atoms with Crippen molar-refractivity contribution in [3.8, 4) is 12.1 Å². The zero-order valence-corrected chi connectivity index (χ0v) is 30.6. The van der Waals surface area contributed by atoms with Crippen LogP contribution in [0.25, 0.3) is 0 Å². The molecule has 12 nitrogen and oxygen atoms in total. The maximum atomic E-state index is 10.7. The zero-order valence-electron chi connectivity index (χ0n) is 27.9. The number of halogens is 6. The van der Waals surface area contributed by atoms with Gasteiger partial charge in [0.1, 0.15) is 0 Å². The van der Waals surface area contributed by atoms with E-state index in [1.54, 1.807) is 12.1 Å². The first kappa shape index (κ1) is 50.5. The third-order valence-corrected chi connectivity index (χ3v) is 6.74. The normalized spacial score (nSPS) is 14.2. The van der Waals surface area contributed by atoms with Gasteiger partial charge in [0.05, 0.1) is 34.9 Å². The van der Waals surface area contributed by atoms with Crippen molar-refractivity contribution in [1.82, 2.24) is 19.8 Å². The van der Waals surface area contributed by atoms with Gasteiger partial charge in [-0.15, -0.1) is 0 Å². The van der Waals surface area contributed by atoms with Gasteiger partial charge in [0.25, 0.3) is 0 Å². The molecule has 4 bridgehead atoms. The second kappa shape index (κ2) is 20.7. The Kier molecular flexibility index (Phi) is 21.3. The summed E-state index contributed by atoms with van der Waals surface area (Å²) in [6, 6.07) is 16.3. The molecule has 0 radical (unpaired) electrons. The largest absolute Gasteiger partial charge is 4.00 e. The summed E-state index contributed by atoms with van der Waals surface area (Å²) in [5.74, 6) is 0. The number of fused-ring (bicyclic) bond motifs is 4. The van der Waals surface area contributed by atoms with Crippen LogP contribution in [-0.4, -0.2) is 67.8 Å². The average molecular weight is 789 g/mol. The summed E-state index contributed by atoms with van der Waals surface area (Å²) in [6.45, 7) is 19.7. The topological polar surface area (TPSA) is 194 Å². The second-order valence-corrected chi connectivity index (χ2v) is 14.3. The zero-order chi connectivity index (χ0) is 38.4. The number of hydrogen-bond donors (Lipinski definition) is 0. The molecule has 2 aromatic rings. The molecule has 0 N–H and O–H groups in total. The smallest absolute Gasteiger partial charge is 0.741 e. The molecular formula is C28H38F6FeN6O6S2+2. The van der Waals surface area contributed by atoms with Crippen LogP contribution in [0.2, 0.25) is 0 Å². The standard InChI is InChI=1S/C22H32N4.2C2H3N.2CHF3O3S.Fe/c1-21(2,3)25-13-17-9-7-11-19(23-17)15-26(22(4,5)6)16-20-12-8-10-18(14-25)24-20;2*1-2-3;2*2-1(3,4)8(5,6)7;/h7-12H,13-16H2,1-6H3;2*1H3;2*(H,5,6,7);/q;;;;;+4/p-2. The van der Waals surface area contributed by atoms with E-state index in [4.69, 9.17) is 46.4 Å². The maximum absolute atomic E-state index is 10.7. The Morgan fingerprint density at radius 2 is 0.776 bits per heavy atom. The summed E-state index contributed by atoms with van der Waals surface area (Å²) >= 11 is 0. The number of aromatic nitrogens is 2. The van der Waals surface area contributed by atoms with Crippen molar-refractivity contribution in [1.29, 1.82) is 10.5 Å². The van der Waals surface area contributed by atoms with Gasteiger partial charge in [-0.05, 0) is 65.8 Å². The maximum Gasteiger partial charge on any atom is 4.00 e. The molecule has 0 aliphatic carbocycles. The number of hydrogen-bond acceptors (Lipinski definition) is 12. The monoisotopic (exact) mass is 788 g/mol. The van der Waals surface area contributed by atoms with E-state index in [1.165, 1.54) is 13.8 Å². The summed E-state index contributed by atoms with van der Waals surface area (Å²) in [5, 5.41) is 14.6. The molecule has 0 aromatic carbocycles. The Balaban J connectivity index is -0.000000757. The van der Waals surface area contributed by atoms with Gasteiger partial charge in [-0.1, -0.05) is 12.1 Å². The number of pyridine rings is 2. The van der Waals surface area contributed by atoms with Crippen molar-refractivity contribution in [2.45, 2.75) is 104 Å². The van der Waals surface area contributed by atoms with E-state index < -0.39 is 31.3 Å². The number of rotatable bonds is 0. The van der Waals surface area contributed by atoms with Crippen molar-refractivity contribution in [2.75, 3.05) is 0 Å². The van der Waals surface area contributed by atoms with Crippen molar-refractivity contribution in [2.24, 2.45) is 0 Å². The molecule has 3 rings (SSSR count). The molecule has 0 amide bonds. The van der Waals surface area contributed by atoms with Crippen LogP contribution in [0.15, 0.2) is 36.4 Å². The van der Waals surface area contributed by atoms with Gasteiger partial charge in [0, 0.05) is 51.1 Å². The van der Waals surface area contributed by atoms with E-state index in [2.05, 4.69) is 87.7 Å². The molecule has 3 heterocycles. The van der Waals surface area contributed by atoms with Crippen LogP contribution >= 0.6 is 0 Å². The summed E-state index contributed by atoms with van der Waals surface area (Å²) in [5.41, 5.74) is -6.68. The molecule has 2 aromatic heterocycles. The molecule has 0 fully saturated rings. The van der Waals surface area contributed by atoms with Gasteiger partial charge in [-0.2, -0.15) is 36.9 Å². The quantitative estimate of drug-likeness (QED) is 0.140. The van der Waals surface area contributed by atoms with Crippen molar-refractivity contribution >= 4 is 20.2 Å². The van der Waals surface area contributed by atoms with Crippen molar-refractivity contribution in [3.05, 3.63) is 59.2 Å². The fourth-order valence-corrected chi connectivity index (χ4v) is 3.25. The van der Waals surface area contributed by atoms with Gasteiger partial charge in [-0.3, -0.25) is 19.8 Å². The molecule has 276 valence electrons. The van der Waals surface area contributed by atoms with Gasteiger partial charge >= 0.3 is 28.1 Å². The molecule has 49 heavy (non-hydrogen) atoms. The minimum absolute atomic E-state index is 0. The fraction of sp³-hybridized carbons (Fsp3) is 0.571. The van der Waals surface area contributed by atoms with Crippen LogP contribution in [-0.2, 0) is 63.5 Å². The van der Waals surface area contributed by atoms with Crippen LogP contribution < -0.4 is 0 Å². The third-order valence-electron chi connectivity index (χ3n) is 5.60. The van der Waals surface area contributed by atoms with Crippen molar-refractivity contribution in [3.63, 3.8) is 0 Å². The number of nitrogens with zero attached hydrogens (tertiary/aromatic N) is 6. The van der Waals surface area contributed by atoms with Crippen LogP contribution in [0.4, 0.5) is 26.3 Å². The average Bonchev–Trinajstić information content (AvgIpc) is 2.86. The Morgan fingerprint density at radius 3 is 0.898 bits per heavy atom. The molecule has 21 heteroatoms. The van der Waals surface area contributed by atoms with Crippen molar-refractivity contribution < 1.29 is 69.4 Å². The second-order valence-electron chi connectivity index (χ2n) is 11.5. The molecule has 1 aliphatic heterocycles. The van der Waals surface area contributed by atoms with Gasteiger partial charge in [0.2, 0.25) is 0 Å². The van der Waals surface area contributed by atoms with E-state index in [9.17, 15) is 26.3 Å². The van der Waals surface area contributed by atoms with Crippen LogP contribution in [0.3, 0.4) is 0 Å². The Hall–Kier alpha value is -2.88. The number of alkyl halides is 6. The molecule has 0 saturated heterocycles. The van der Waals surface area contributed by atoms with Gasteiger partial charge in [-0.25, -0.2) is 16.8 Å². The summed E-state index contributed by atoms with van der Waals surface area (Å²) in [4.78, 5) is 14.8. The SMILES string of the molecule is CC#N.CC#N.CC(C)(C)N1Cc2cccc(n2)CN(C(C)(C)C)Cc2cccc(n2)C1.O=S(=O)([O-])C(F)(F)F.O=S(=O)([O-])C(F)(F)F.[Fe+4]. The molecular weight excluding hydrogens is 750 g/mol. The summed E-state index contributed by atoms with van der Waals surface area (Å²) in [7, 11) is -12.2. The fourth-order valence-electron chi connectivity index (χ4n) is 3.25. The minimum Gasteiger partial charge on any atom is -0.741 e. The van der Waals surface area contributed by atoms with E-state index in [0.717, 1.165) is 49.0 Å². The minimum atomic E-state index is -6.09. The Bertz CT molecular complexity index is 1440. The van der Waals surface area contributed by atoms with Gasteiger partial charge < -0.3 is 9.11 Å². The van der Waals surface area contributed by atoms with Crippen LogP contribution in [0, 0.1) is 22.7 Å². The first-order chi connectivity index (χ1) is 21.4. The van der Waals surface area contributed by atoms with E-state index in [0.29, 0.717) is 0 Å². The van der Waals surface area contributed by atoms with E-state index >= 15 is 0 Å². The Morgan fingerprint density at radius 1 is 0.612 bits per heavy atom. The predicted molar refractivity (Wildman–Crippen MR) is 161 cm³/mol. The molecule has 0 atom stereocenters. The molecule has 0 saturated carbocycles. The first-order valence-corrected chi connectivity index (χ1v) is 16.3. The Labute approximate surface area is 294 Å². The molecule has 0 spiro atoms. The van der Waals surface area contributed by atoms with Crippen LogP contribution in [0.1, 0.15) is 78.2 Å². The van der Waals surface area contributed by atoms with Gasteiger partial charge in [0.15, 0.2) is 20.2 Å².